The summed E-state index contributed by atoms with van der Waals surface area (Å²) in [4.78, 5) is 24.0. The first kappa shape index (κ1) is 11.6. The molecule has 3 nitrogen and oxygen atoms in total. The lowest BCUT2D eigenvalue weighted by atomic mass is 10.1. The van der Waals surface area contributed by atoms with Crippen LogP contribution >= 0.6 is 12.6 Å². The van der Waals surface area contributed by atoms with E-state index in [1.165, 1.54) is 0 Å². The Labute approximate surface area is 90.3 Å². The first-order valence-corrected chi connectivity index (χ1v) is 5.71. The van der Waals surface area contributed by atoms with Crippen LogP contribution in [0.3, 0.4) is 0 Å². The molecule has 80 valence electrons. The van der Waals surface area contributed by atoms with Crippen molar-refractivity contribution < 1.29 is 9.59 Å². The maximum Gasteiger partial charge on any atom is 0.223 e. The lowest BCUT2D eigenvalue weighted by molar-refractivity contribution is -0.133. The van der Waals surface area contributed by atoms with E-state index >= 15 is 0 Å². The molecule has 14 heavy (non-hydrogen) atoms. The standard InChI is InChI=1S/C10H17NO2S/c1-8(3-2-6-14)11-9(7-12)4-5-10(11)13/h7-9,14H,2-6H2,1H3. The van der Waals surface area contributed by atoms with Gasteiger partial charge in [0.1, 0.15) is 6.29 Å². The summed E-state index contributed by atoms with van der Waals surface area (Å²) in [5, 5.41) is 0. The molecule has 0 spiro atoms. The monoisotopic (exact) mass is 215 g/mol. The Morgan fingerprint density at radius 1 is 1.71 bits per heavy atom. The predicted octanol–water partition coefficient (Wildman–Crippen LogP) is 1.27. The van der Waals surface area contributed by atoms with E-state index in [-0.39, 0.29) is 18.0 Å². The van der Waals surface area contributed by atoms with Crippen molar-refractivity contribution in [2.45, 2.75) is 44.7 Å². The third-order valence-electron chi connectivity index (χ3n) is 2.71. The van der Waals surface area contributed by atoms with Crippen molar-refractivity contribution in [3.8, 4) is 0 Å². The second kappa shape index (κ2) is 5.39. The summed E-state index contributed by atoms with van der Waals surface area (Å²) in [5.74, 6) is 0.951. The number of amides is 1. The summed E-state index contributed by atoms with van der Waals surface area (Å²) < 4.78 is 0. The highest BCUT2D eigenvalue weighted by Gasteiger charge is 2.33. The molecule has 1 amide bonds. The number of aldehydes is 1. The molecule has 1 rings (SSSR count). The highest BCUT2D eigenvalue weighted by molar-refractivity contribution is 7.80. The third-order valence-corrected chi connectivity index (χ3v) is 3.03. The van der Waals surface area contributed by atoms with Gasteiger partial charge >= 0.3 is 0 Å². The van der Waals surface area contributed by atoms with Gasteiger partial charge < -0.3 is 9.69 Å². The van der Waals surface area contributed by atoms with Gasteiger partial charge in [-0.05, 0) is 31.9 Å². The number of hydrogen-bond acceptors (Lipinski definition) is 3. The van der Waals surface area contributed by atoms with Crippen LogP contribution < -0.4 is 0 Å². The predicted molar refractivity (Wildman–Crippen MR) is 58.5 cm³/mol. The zero-order valence-corrected chi connectivity index (χ0v) is 9.37. The number of likely N-dealkylation sites (tertiary alicyclic amines) is 1. The number of carbonyl (C=O) groups is 2. The summed E-state index contributed by atoms with van der Waals surface area (Å²) in [6.45, 7) is 2.00. The summed E-state index contributed by atoms with van der Waals surface area (Å²) in [6.07, 6.45) is 4.02. The van der Waals surface area contributed by atoms with Crippen LogP contribution in [0.25, 0.3) is 0 Å². The van der Waals surface area contributed by atoms with Crippen molar-refractivity contribution in [2.24, 2.45) is 0 Å². The smallest absolute Gasteiger partial charge is 0.223 e. The van der Waals surface area contributed by atoms with Crippen LogP contribution in [0.4, 0.5) is 0 Å². The summed E-state index contributed by atoms with van der Waals surface area (Å²) in [5.41, 5.74) is 0. The average molecular weight is 215 g/mol. The Morgan fingerprint density at radius 3 is 3.00 bits per heavy atom. The largest absolute Gasteiger partial charge is 0.330 e. The molecule has 0 saturated carbocycles. The number of hydrogen-bond donors (Lipinski definition) is 1. The van der Waals surface area contributed by atoms with E-state index in [9.17, 15) is 9.59 Å². The topological polar surface area (TPSA) is 37.4 Å². The molecule has 2 atom stereocenters. The van der Waals surface area contributed by atoms with Crippen LogP contribution in [0.5, 0.6) is 0 Å². The van der Waals surface area contributed by atoms with E-state index in [0.29, 0.717) is 12.8 Å². The Bertz CT molecular complexity index is 220. The number of nitrogens with zero attached hydrogens (tertiary/aromatic N) is 1. The number of carbonyl (C=O) groups excluding carboxylic acids is 2. The van der Waals surface area contributed by atoms with Crippen molar-refractivity contribution in [2.75, 3.05) is 5.75 Å². The van der Waals surface area contributed by atoms with Gasteiger partial charge in [-0.25, -0.2) is 0 Å². The lowest BCUT2D eigenvalue weighted by Gasteiger charge is -2.27. The minimum absolute atomic E-state index is 0.119. The molecule has 0 aromatic carbocycles. The van der Waals surface area contributed by atoms with Gasteiger partial charge in [-0.15, -0.1) is 0 Å². The quantitative estimate of drug-likeness (QED) is 0.554. The second-order valence-electron chi connectivity index (χ2n) is 3.76. The van der Waals surface area contributed by atoms with Gasteiger partial charge in [0, 0.05) is 12.5 Å². The fourth-order valence-electron chi connectivity index (χ4n) is 1.96. The van der Waals surface area contributed by atoms with E-state index in [0.717, 1.165) is 24.9 Å². The third kappa shape index (κ3) is 2.50. The normalized spacial score (nSPS) is 24.0. The van der Waals surface area contributed by atoms with Crippen LogP contribution in [-0.2, 0) is 9.59 Å². The molecule has 0 bridgehead atoms. The zero-order valence-electron chi connectivity index (χ0n) is 8.48. The van der Waals surface area contributed by atoms with Gasteiger partial charge in [0.2, 0.25) is 5.91 Å². The van der Waals surface area contributed by atoms with E-state index in [4.69, 9.17) is 0 Å². The Balaban J connectivity index is 2.54. The van der Waals surface area contributed by atoms with Crippen LogP contribution in [-0.4, -0.2) is 34.9 Å². The minimum atomic E-state index is -0.183. The Kier molecular flexibility index (Phi) is 4.45. The van der Waals surface area contributed by atoms with Crippen molar-refractivity contribution in [1.29, 1.82) is 0 Å². The Morgan fingerprint density at radius 2 is 2.43 bits per heavy atom. The highest BCUT2D eigenvalue weighted by atomic mass is 32.1. The number of rotatable bonds is 5. The van der Waals surface area contributed by atoms with Crippen molar-refractivity contribution >= 4 is 24.8 Å². The van der Waals surface area contributed by atoms with Crippen LogP contribution in [0, 0.1) is 0 Å². The molecule has 1 aliphatic rings. The maximum atomic E-state index is 11.5. The summed E-state index contributed by atoms with van der Waals surface area (Å²) >= 11 is 4.13. The molecule has 1 fully saturated rings. The molecule has 0 aliphatic carbocycles. The molecular formula is C10H17NO2S. The van der Waals surface area contributed by atoms with Gasteiger partial charge in [0.25, 0.3) is 0 Å². The molecule has 0 aromatic heterocycles. The molecule has 1 saturated heterocycles. The molecule has 1 aliphatic heterocycles. The second-order valence-corrected chi connectivity index (χ2v) is 4.21. The van der Waals surface area contributed by atoms with Gasteiger partial charge in [-0.2, -0.15) is 12.6 Å². The van der Waals surface area contributed by atoms with Gasteiger partial charge in [0.15, 0.2) is 0 Å². The molecule has 1 heterocycles. The van der Waals surface area contributed by atoms with Gasteiger partial charge in [0.05, 0.1) is 6.04 Å². The highest BCUT2D eigenvalue weighted by Crippen LogP contribution is 2.22. The van der Waals surface area contributed by atoms with Crippen molar-refractivity contribution in [3.05, 3.63) is 0 Å². The molecule has 0 radical (unpaired) electrons. The van der Waals surface area contributed by atoms with Crippen molar-refractivity contribution in [3.63, 3.8) is 0 Å². The summed E-state index contributed by atoms with van der Waals surface area (Å²) in [7, 11) is 0. The average Bonchev–Trinajstić information content (AvgIpc) is 2.56. The fraction of sp³-hybridized carbons (Fsp3) is 0.800. The molecule has 4 heteroatoms. The first-order chi connectivity index (χ1) is 6.70. The molecular weight excluding hydrogens is 198 g/mol. The van der Waals surface area contributed by atoms with E-state index < -0.39 is 0 Å². The van der Waals surface area contributed by atoms with Gasteiger partial charge in [-0.3, -0.25) is 4.79 Å². The van der Waals surface area contributed by atoms with E-state index in [2.05, 4.69) is 12.6 Å². The molecule has 0 N–H and O–H groups in total. The lowest BCUT2D eigenvalue weighted by Crippen LogP contribution is -2.41. The molecule has 0 aromatic rings. The van der Waals surface area contributed by atoms with Gasteiger partial charge in [-0.1, -0.05) is 0 Å². The Hall–Kier alpha value is -0.510. The van der Waals surface area contributed by atoms with Crippen molar-refractivity contribution in [1.82, 2.24) is 4.90 Å². The van der Waals surface area contributed by atoms with Crippen LogP contribution in [0.15, 0.2) is 0 Å². The SMILES string of the molecule is CC(CCCS)N1C(=O)CCC1C=O. The molecule has 2 unspecified atom stereocenters. The first-order valence-electron chi connectivity index (χ1n) is 5.08. The van der Waals surface area contributed by atoms with Crippen LogP contribution in [0.2, 0.25) is 0 Å². The van der Waals surface area contributed by atoms with E-state index in [1.807, 2.05) is 6.92 Å². The summed E-state index contributed by atoms with van der Waals surface area (Å²) in [6, 6.07) is -0.00947. The zero-order chi connectivity index (χ0) is 10.6. The number of thiol groups is 1. The maximum absolute atomic E-state index is 11.5. The fourth-order valence-corrected chi connectivity index (χ4v) is 2.14. The minimum Gasteiger partial charge on any atom is -0.330 e. The van der Waals surface area contributed by atoms with E-state index in [1.54, 1.807) is 4.90 Å². The van der Waals surface area contributed by atoms with Crippen LogP contribution in [0.1, 0.15) is 32.6 Å².